The molecular weight excluding hydrogens is 931 g/mol. The molecule has 0 aliphatic rings. The molecule has 7 nitrogen and oxygen atoms in total. The summed E-state index contributed by atoms with van der Waals surface area (Å²) in [6.07, 6.45) is 0. The fourth-order valence-electron chi connectivity index (χ4n) is 11.7. The molecule has 0 unspecified atom stereocenters. The highest BCUT2D eigenvalue weighted by atomic mass is 16.3. The van der Waals surface area contributed by atoms with Crippen molar-refractivity contribution in [3.63, 3.8) is 0 Å². The molecule has 5 aromatic heterocycles. The van der Waals surface area contributed by atoms with Crippen molar-refractivity contribution in [2.75, 3.05) is 0 Å². The Morgan fingerprint density at radius 2 is 0.645 bits per heavy atom. The third kappa shape index (κ3) is 6.52. The molecule has 0 aliphatic heterocycles. The van der Waals surface area contributed by atoms with E-state index in [4.69, 9.17) is 23.8 Å². The Morgan fingerprint density at radius 1 is 0.250 bits per heavy atom. The summed E-state index contributed by atoms with van der Waals surface area (Å²) in [5, 5.41) is 8.70. The first-order valence-corrected chi connectivity index (χ1v) is 25.6. The highest BCUT2D eigenvalue weighted by molar-refractivity contribution is 6.16. The van der Waals surface area contributed by atoms with E-state index in [2.05, 4.69) is 203 Å². The van der Waals surface area contributed by atoms with Crippen molar-refractivity contribution < 1.29 is 8.83 Å². The number of rotatable bonds is 7. The Balaban J connectivity index is 0.860. The highest BCUT2D eigenvalue weighted by Crippen LogP contribution is 2.43. The number of furan rings is 2. The van der Waals surface area contributed by atoms with E-state index in [9.17, 15) is 0 Å². The van der Waals surface area contributed by atoms with Crippen LogP contribution in [0.4, 0.5) is 0 Å². The number of nitrogens with zero attached hydrogens (tertiary/aromatic N) is 5. The summed E-state index contributed by atoms with van der Waals surface area (Å²) in [6, 6.07) is 87.4. The molecule has 0 aliphatic carbocycles. The molecule has 0 radical (unpaired) electrons. The molecule has 5 heterocycles. The SMILES string of the molecule is c1ccc(-c2nc(-c3cccc4oc5ccc(-c6ccc7c8ccccc8n(-c8ccccc8)c7c6)cc5c34)nc(-c3cccc4oc5ccc(-c6ccc7c8ccccc8n(-c8ccccc8)c7c6)cc5c34)n2)cc1. The first-order chi connectivity index (χ1) is 37.7. The second-order valence-corrected chi connectivity index (χ2v) is 19.5. The van der Waals surface area contributed by atoms with Crippen LogP contribution in [0.25, 0.3) is 155 Å². The Bertz CT molecular complexity index is 4700. The van der Waals surface area contributed by atoms with Gasteiger partial charge in [-0.1, -0.05) is 164 Å². The molecule has 16 rings (SSSR count). The molecule has 354 valence electrons. The minimum absolute atomic E-state index is 0.545. The normalized spacial score (nSPS) is 11.9. The maximum absolute atomic E-state index is 6.64. The van der Waals surface area contributed by atoms with Gasteiger partial charge in [-0.05, 0) is 107 Å². The van der Waals surface area contributed by atoms with Crippen LogP contribution in [0, 0.1) is 0 Å². The van der Waals surface area contributed by atoms with Gasteiger partial charge in [0, 0.05) is 71.2 Å². The van der Waals surface area contributed by atoms with Crippen molar-refractivity contribution >= 4 is 87.5 Å². The van der Waals surface area contributed by atoms with E-state index in [-0.39, 0.29) is 0 Å². The fourth-order valence-corrected chi connectivity index (χ4v) is 11.7. The lowest BCUT2D eigenvalue weighted by atomic mass is 9.99. The van der Waals surface area contributed by atoms with E-state index in [0.29, 0.717) is 17.5 Å². The molecule has 76 heavy (non-hydrogen) atoms. The van der Waals surface area contributed by atoms with Crippen LogP contribution >= 0.6 is 0 Å². The second kappa shape index (κ2) is 16.6. The van der Waals surface area contributed by atoms with Crippen LogP contribution in [0.5, 0.6) is 0 Å². The summed E-state index contributed by atoms with van der Waals surface area (Å²) < 4.78 is 18.0. The molecule has 0 atom stereocenters. The van der Waals surface area contributed by atoms with E-state index in [0.717, 1.165) is 105 Å². The Morgan fingerprint density at radius 3 is 1.13 bits per heavy atom. The molecule has 0 amide bonds. The lowest BCUT2D eigenvalue weighted by molar-refractivity contribution is 0.668. The van der Waals surface area contributed by atoms with Crippen molar-refractivity contribution in [1.29, 1.82) is 0 Å². The highest BCUT2D eigenvalue weighted by Gasteiger charge is 2.22. The first-order valence-electron chi connectivity index (χ1n) is 25.6. The standard InChI is InChI=1S/C69H41N5O2/c1-4-16-42(17-5-1)67-70-68(53-24-14-28-63-65(53)55-38-43(32-36-61(55)75-63)45-30-34-51-49-22-10-12-26-57(49)73(59(51)40-45)47-18-6-2-7-19-47)72-69(71-67)54-25-15-29-64-66(54)56-39-44(33-37-62(56)76-64)46-31-35-52-50-23-11-13-27-58(50)74(60(52)41-46)48-20-8-3-9-21-48/h1-41H. The van der Waals surface area contributed by atoms with Crippen LogP contribution in [-0.2, 0) is 0 Å². The van der Waals surface area contributed by atoms with Gasteiger partial charge in [-0.15, -0.1) is 0 Å². The zero-order valence-corrected chi connectivity index (χ0v) is 40.7. The van der Waals surface area contributed by atoms with Gasteiger partial charge < -0.3 is 18.0 Å². The molecule has 0 N–H and O–H groups in total. The maximum atomic E-state index is 6.64. The number of benzene rings is 11. The predicted molar refractivity (Wildman–Crippen MR) is 310 cm³/mol. The molecule has 0 spiro atoms. The lowest BCUT2D eigenvalue weighted by Crippen LogP contribution is -2.00. The van der Waals surface area contributed by atoms with Gasteiger partial charge >= 0.3 is 0 Å². The van der Waals surface area contributed by atoms with Crippen molar-refractivity contribution in [3.8, 4) is 67.8 Å². The van der Waals surface area contributed by atoms with Crippen LogP contribution in [-0.4, -0.2) is 24.1 Å². The topological polar surface area (TPSA) is 74.8 Å². The largest absolute Gasteiger partial charge is 0.456 e. The van der Waals surface area contributed by atoms with Crippen LogP contribution in [0.1, 0.15) is 0 Å². The number of fused-ring (bicyclic) bond motifs is 12. The van der Waals surface area contributed by atoms with E-state index >= 15 is 0 Å². The van der Waals surface area contributed by atoms with Crippen LogP contribution in [0.2, 0.25) is 0 Å². The fraction of sp³-hybridized carbons (Fsp3) is 0. The summed E-state index contributed by atoms with van der Waals surface area (Å²) in [7, 11) is 0. The minimum Gasteiger partial charge on any atom is -0.456 e. The Hall–Kier alpha value is -10.4. The number of para-hydroxylation sites is 4. The minimum atomic E-state index is 0.545. The zero-order chi connectivity index (χ0) is 49.8. The van der Waals surface area contributed by atoms with Gasteiger partial charge in [-0.25, -0.2) is 15.0 Å². The van der Waals surface area contributed by atoms with Crippen molar-refractivity contribution in [1.82, 2.24) is 24.1 Å². The third-order valence-electron chi connectivity index (χ3n) is 15.2. The van der Waals surface area contributed by atoms with Gasteiger partial charge in [-0.2, -0.15) is 0 Å². The average molecular weight is 972 g/mol. The molecule has 0 saturated heterocycles. The summed E-state index contributed by atoms with van der Waals surface area (Å²) in [5.41, 5.74) is 16.9. The van der Waals surface area contributed by atoms with Crippen molar-refractivity contribution in [3.05, 3.63) is 249 Å². The van der Waals surface area contributed by atoms with Crippen LogP contribution in [0.15, 0.2) is 258 Å². The molecule has 0 fully saturated rings. The van der Waals surface area contributed by atoms with E-state index in [1.807, 2.05) is 54.6 Å². The summed E-state index contributed by atoms with van der Waals surface area (Å²) in [4.78, 5) is 16.0. The van der Waals surface area contributed by atoms with Gasteiger partial charge in [0.1, 0.15) is 22.3 Å². The van der Waals surface area contributed by atoms with E-state index in [1.54, 1.807) is 0 Å². The van der Waals surface area contributed by atoms with Gasteiger partial charge in [0.15, 0.2) is 17.5 Å². The van der Waals surface area contributed by atoms with Gasteiger partial charge in [-0.3, -0.25) is 0 Å². The van der Waals surface area contributed by atoms with Crippen molar-refractivity contribution in [2.45, 2.75) is 0 Å². The first kappa shape index (κ1) is 42.2. The van der Waals surface area contributed by atoms with E-state index in [1.165, 1.54) is 32.6 Å². The molecule has 16 aromatic rings. The van der Waals surface area contributed by atoms with Gasteiger partial charge in [0.25, 0.3) is 0 Å². The summed E-state index contributed by atoms with van der Waals surface area (Å²) in [6.45, 7) is 0. The molecular formula is C69H41N5O2. The number of hydrogen-bond acceptors (Lipinski definition) is 5. The smallest absolute Gasteiger partial charge is 0.164 e. The average Bonchev–Trinajstić information content (AvgIpc) is 4.30. The number of hydrogen-bond donors (Lipinski definition) is 0. The van der Waals surface area contributed by atoms with E-state index < -0.39 is 0 Å². The van der Waals surface area contributed by atoms with Gasteiger partial charge in [0.05, 0.1) is 22.1 Å². The van der Waals surface area contributed by atoms with Crippen molar-refractivity contribution in [2.24, 2.45) is 0 Å². The Labute approximate surface area is 434 Å². The molecule has 7 heteroatoms. The summed E-state index contributed by atoms with van der Waals surface area (Å²) >= 11 is 0. The zero-order valence-electron chi connectivity index (χ0n) is 40.7. The molecule has 0 saturated carbocycles. The third-order valence-corrected chi connectivity index (χ3v) is 15.2. The number of aromatic nitrogens is 5. The molecule has 0 bridgehead atoms. The quantitative estimate of drug-likeness (QED) is 0.159. The van der Waals surface area contributed by atoms with Gasteiger partial charge in [0.2, 0.25) is 0 Å². The predicted octanol–water partition coefficient (Wildman–Crippen LogP) is 18.2. The van der Waals surface area contributed by atoms with Crippen LogP contribution < -0.4 is 0 Å². The Kier molecular flexibility index (Phi) is 9.20. The monoisotopic (exact) mass is 971 g/mol. The van der Waals surface area contributed by atoms with Crippen LogP contribution in [0.3, 0.4) is 0 Å². The second-order valence-electron chi connectivity index (χ2n) is 19.5. The lowest BCUT2D eigenvalue weighted by Gasteiger charge is -2.10. The maximum Gasteiger partial charge on any atom is 0.164 e. The molecule has 11 aromatic carbocycles. The summed E-state index contributed by atoms with van der Waals surface area (Å²) in [5.74, 6) is 1.66.